The number of alkyl halides is 3. The molecule has 2 atom stereocenters. The lowest BCUT2D eigenvalue weighted by molar-refractivity contribution is -0.142. The van der Waals surface area contributed by atoms with Crippen molar-refractivity contribution in [3.63, 3.8) is 0 Å². The topological polar surface area (TPSA) is 49.3 Å². The van der Waals surface area contributed by atoms with Crippen LogP contribution < -0.4 is 5.32 Å². The van der Waals surface area contributed by atoms with Crippen LogP contribution in [0.1, 0.15) is 23.5 Å². The second-order valence-corrected chi connectivity index (χ2v) is 4.75. The maximum atomic E-state index is 12.6. The van der Waals surface area contributed by atoms with Crippen molar-refractivity contribution >= 4 is 5.97 Å². The predicted molar refractivity (Wildman–Crippen MR) is 62.8 cm³/mol. The van der Waals surface area contributed by atoms with Crippen molar-refractivity contribution in [1.82, 2.24) is 5.32 Å². The highest BCUT2D eigenvalue weighted by Crippen LogP contribution is 2.33. The van der Waals surface area contributed by atoms with Crippen molar-refractivity contribution in [3.8, 4) is 0 Å². The first-order valence-electron chi connectivity index (χ1n) is 5.98. The second-order valence-electron chi connectivity index (χ2n) is 4.75. The molecule has 1 aromatic carbocycles. The van der Waals surface area contributed by atoms with Crippen molar-refractivity contribution in [2.75, 3.05) is 13.1 Å². The Morgan fingerprint density at radius 1 is 1.32 bits per heavy atom. The minimum Gasteiger partial charge on any atom is -0.481 e. The Hall–Kier alpha value is -1.56. The lowest BCUT2D eigenvalue weighted by Crippen LogP contribution is -2.38. The molecule has 104 valence electrons. The molecule has 2 N–H and O–H groups in total. The number of rotatable bonds is 2. The standard InChI is InChI=1S/C13H14F3NO2/c14-13(15,16)11-3-1-2-8(5-11)9-4-10(12(18)19)7-17-6-9/h1-3,5,9-10,17H,4,6-7H2,(H,18,19). The number of aliphatic carboxylic acids is 1. The molecule has 0 aromatic heterocycles. The number of piperidine rings is 1. The van der Waals surface area contributed by atoms with Gasteiger partial charge in [-0.25, -0.2) is 0 Å². The summed E-state index contributed by atoms with van der Waals surface area (Å²) in [6, 6.07) is 5.11. The van der Waals surface area contributed by atoms with Crippen LogP contribution in [0.4, 0.5) is 13.2 Å². The summed E-state index contributed by atoms with van der Waals surface area (Å²) in [5.74, 6) is -1.66. The van der Waals surface area contributed by atoms with Gasteiger partial charge in [0.05, 0.1) is 11.5 Å². The molecule has 2 rings (SSSR count). The summed E-state index contributed by atoms with van der Waals surface area (Å²) < 4.78 is 37.9. The Balaban J connectivity index is 2.20. The lowest BCUT2D eigenvalue weighted by atomic mass is 9.85. The molecule has 1 aliphatic heterocycles. The zero-order chi connectivity index (χ0) is 14.0. The molecule has 0 amide bonds. The summed E-state index contributed by atoms with van der Waals surface area (Å²) in [5.41, 5.74) is -0.157. The summed E-state index contributed by atoms with van der Waals surface area (Å²) in [5, 5.41) is 11.9. The number of carboxylic acid groups (broad SMARTS) is 1. The van der Waals surface area contributed by atoms with E-state index in [2.05, 4.69) is 5.32 Å². The number of benzene rings is 1. The van der Waals surface area contributed by atoms with Gasteiger partial charge in [0.2, 0.25) is 0 Å². The maximum absolute atomic E-state index is 12.6. The smallest absolute Gasteiger partial charge is 0.416 e. The highest BCUT2D eigenvalue weighted by molar-refractivity contribution is 5.70. The van der Waals surface area contributed by atoms with Crippen LogP contribution in [0.15, 0.2) is 24.3 Å². The fraction of sp³-hybridized carbons (Fsp3) is 0.462. The van der Waals surface area contributed by atoms with Crippen LogP contribution in [-0.2, 0) is 11.0 Å². The third-order valence-electron chi connectivity index (χ3n) is 3.39. The normalized spacial score (nSPS) is 24.2. The zero-order valence-electron chi connectivity index (χ0n) is 10.1. The summed E-state index contributed by atoms with van der Waals surface area (Å²) >= 11 is 0. The number of hydrogen-bond acceptors (Lipinski definition) is 2. The molecule has 1 saturated heterocycles. The Bertz CT molecular complexity index is 473. The molecule has 0 saturated carbocycles. The van der Waals surface area contributed by atoms with Crippen LogP contribution >= 0.6 is 0 Å². The van der Waals surface area contributed by atoms with Gasteiger partial charge in [-0.05, 0) is 24.0 Å². The molecule has 0 spiro atoms. The van der Waals surface area contributed by atoms with Crippen LogP contribution in [0.25, 0.3) is 0 Å². The third kappa shape index (κ3) is 3.26. The first-order valence-corrected chi connectivity index (χ1v) is 5.98. The maximum Gasteiger partial charge on any atom is 0.416 e. The molecular formula is C13H14F3NO2. The molecule has 1 aliphatic rings. The number of carboxylic acids is 1. The van der Waals surface area contributed by atoms with Crippen molar-refractivity contribution in [2.24, 2.45) is 5.92 Å². The molecule has 1 aromatic rings. The minimum absolute atomic E-state index is 0.197. The summed E-state index contributed by atoms with van der Waals surface area (Å²) in [7, 11) is 0. The number of hydrogen-bond donors (Lipinski definition) is 2. The highest BCUT2D eigenvalue weighted by atomic mass is 19.4. The van der Waals surface area contributed by atoms with Gasteiger partial charge in [-0.2, -0.15) is 13.2 Å². The Kier molecular flexibility index (Phi) is 3.80. The van der Waals surface area contributed by atoms with Crippen LogP contribution in [0, 0.1) is 5.92 Å². The van der Waals surface area contributed by atoms with Gasteiger partial charge in [0.15, 0.2) is 0 Å². The molecule has 19 heavy (non-hydrogen) atoms. The van der Waals surface area contributed by atoms with Gasteiger partial charge in [0.25, 0.3) is 0 Å². The monoisotopic (exact) mass is 273 g/mol. The van der Waals surface area contributed by atoms with E-state index in [1.54, 1.807) is 6.07 Å². The minimum atomic E-state index is -4.37. The SMILES string of the molecule is O=C(O)C1CNCC(c2cccc(C(F)(F)F)c2)C1. The van der Waals surface area contributed by atoms with Gasteiger partial charge < -0.3 is 10.4 Å². The largest absolute Gasteiger partial charge is 0.481 e. The highest BCUT2D eigenvalue weighted by Gasteiger charge is 2.32. The van der Waals surface area contributed by atoms with Crippen molar-refractivity contribution in [1.29, 1.82) is 0 Å². The average molecular weight is 273 g/mol. The first kappa shape index (κ1) is 13.9. The van der Waals surface area contributed by atoms with Gasteiger partial charge in [0, 0.05) is 13.1 Å². The van der Waals surface area contributed by atoms with E-state index in [1.807, 2.05) is 0 Å². The predicted octanol–water partition coefficient (Wildman–Crippen LogP) is 2.48. The van der Waals surface area contributed by atoms with Gasteiger partial charge in [-0.3, -0.25) is 4.79 Å². The molecule has 3 nitrogen and oxygen atoms in total. The lowest BCUT2D eigenvalue weighted by Gasteiger charge is -2.28. The Morgan fingerprint density at radius 2 is 2.05 bits per heavy atom. The van der Waals surface area contributed by atoms with Gasteiger partial charge in [0.1, 0.15) is 0 Å². The Morgan fingerprint density at radius 3 is 2.68 bits per heavy atom. The van der Waals surface area contributed by atoms with Gasteiger partial charge in [-0.15, -0.1) is 0 Å². The van der Waals surface area contributed by atoms with Crippen LogP contribution in [0.5, 0.6) is 0 Å². The molecule has 6 heteroatoms. The summed E-state index contributed by atoms with van der Waals surface area (Å²) in [6.45, 7) is 0.871. The van der Waals surface area contributed by atoms with E-state index in [0.29, 0.717) is 25.1 Å². The number of nitrogens with one attached hydrogen (secondary N) is 1. The number of carbonyl (C=O) groups is 1. The molecular weight excluding hydrogens is 259 g/mol. The second kappa shape index (κ2) is 5.21. The van der Waals surface area contributed by atoms with E-state index in [-0.39, 0.29) is 5.92 Å². The molecule has 0 bridgehead atoms. The van der Waals surface area contributed by atoms with E-state index in [1.165, 1.54) is 6.07 Å². The van der Waals surface area contributed by atoms with Crippen molar-refractivity contribution < 1.29 is 23.1 Å². The van der Waals surface area contributed by atoms with Crippen LogP contribution in [0.3, 0.4) is 0 Å². The number of halogens is 3. The quantitative estimate of drug-likeness (QED) is 0.870. The first-order chi connectivity index (χ1) is 8.88. The fourth-order valence-corrected chi connectivity index (χ4v) is 2.35. The molecule has 1 fully saturated rings. The van der Waals surface area contributed by atoms with E-state index in [4.69, 9.17) is 5.11 Å². The van der Waals surface area contributed by atoms with Crippen LogP contribution in [-0.4, -0.2) is 24.2 Å². The van der Waals surface area contributed by atoms with E-state index in [0.717, 1.165) is 12.1 Å². The summed E-state index contributed by atoms with van der Waals surface area (Å²) in [4.78, 5) is 10.9. The van der Waals surface area contributed by atoms with E-state index in [9.17, 15) is 18.0 Å². The van der Waals surface area contributed by atoms with Crippen molar-refractivity contribution in [2.45, 2.75) is 18.5 Å². The molecule has 2 unspecified atom stereocenters. The van der Waals surface area contributed by atoms with E-state index < -0.39 is 23.6 Å². The van der Waals surface area contributed by atoms with Crippen molar-refractivity contribution in [3.05, 3.63) is 35.4 Å². The molecule has 0 radical (unpaired) electrons. The Labute approximate surface area is 108 Å². The molecule has 0 aliphatic carbocycles. The average Bonchev–Trinajstić information content (AvgIpc) is 2.38. The van der Waals surface area contributed by atoms with E-state index >= 15 is 0 Å². The third-order valence-corrected chi connectivity index (χ3v) is 3.39. The van der Waals surface area contributed by atoms with Gasteiger partial charge >= 0.3 is 12.1 Å². The fourth-order valence-electron chi connectivity index (χ4n) is 2.35. The molecule has 1 heterocycles. The zero-order valence-corrected chi connectivity index (χ0v) is 10.1. The summed E-state index contributed by atoms with van der Waals surface area (Å²) in [6.07, 6.45) is -4.01. The van der Waals surface area contributed by atoms with Crippen LogP contribution in [0.2, 0.25) is 0 Å². The van der Waals surface area contributed by atoms with Gasteiger partial charge in [-0.1, -0.05) is 18.2 Å².